The molecule has 4 saturated carbocycles. The molecule has 0 heterocycles. The van der Waals surface area contributed by atoms with Crippen molar-refractivity contribution < 1.29 is 9.47 Å². The average Bonchev–Trinajstić information content (AvgIpc) is 2.76. The van der Waals surface area contributed by atoms with Crippen LogP contribution >= 0.6 is 11.6 Å². The molecule has 4 heteroatoms. The third-order valence-corrected chi connectivity index (χ3v) is 8.69. The maximum atomic E-state index is 6.64. The first-order valence-electron chi connectivity index (χ1n) is 12.2. The zero-order chi connectivity index (χ0) is 22.3. The molecule has 32 heavy (non-hydrogen) atoms. The molecule has 4 aliphatic rings. The van der Waals surface area contributed by atoms with Gasteiger partial charge < -0.3 is 14.8 Å². The van der Waals surface area contributed by atoms with E-state index in [1.54, 1.807) is 7.11 Å². The lowest BCUT2D eigenvalue weighted by molar-refractivity contribution is -0.0706. The highest BCUT2D eigenvalue weighted by atomic mass is 35.5. The Labute approximate surface area is 197 Å². The molecule has 2 aromatic carbocycles. The van der Waals surface area contributed by atoms with Crippen LogP contribution in [0.15, 0.2) is 36.4 Å². The molecule has 6 rings (SSSR count). The highest BCUT2D eigenvalue weighted by Gasteiger charge is 2.52. The van der Waals surface area contributed by atoms with Gasteiger partial charge in [-0.3, -0.25) is 0 Å². The molecule has 0 radical (unpaired) electrons. The predicted molar refractivity (Wildman–Crippen MR) is 130 cm³/mol. The van der Waals surface area contributed by atoms with Gasteiger partial charge in [-0.1, -0.05) is 41.4 Å². The minimum atomic E-state index is 0.469. The number of benzene rings is 2. The lowest BCUT2D eigenvalue weighted by atomic mass is 9.48. The molecule has 4 fully saturated rings. The van der Waals surface area contributed by atoms with E-state index < -0.39 is 0 Å². The van der Waals surface area contributed by atoms with Gasteiger partial charge in [0.05, 0.1) is 12.1 Å². The van der Waals surface area contributed by atoms with E-state index in [1.807, 2.05) is 6.07 Å². The van der Waals surface area contributed by atoms with Gasteiger partial charge in [0.25, 0.3) is 0 Å². The van der Waals surface area contributed by atoms with E-state index in [2.05, 4.69) is 49.5 Å². The van der Waals surface area contributed by atoms with Crippen LogP contribution in [0, 0.1) is 30.1 Å². The SMILES string of the molecule is COc1cc(CNC(C)C23CC4CC(CC(C4)C2)C3)cc(Cl)c1OCc1ccc(C)cc1. The van der Waals surface area contributed by atoms with Crippen LogP contribution < -0.4 is 14.8 Å². The van der Waals surface area contributed by atoms with Crippen molar-refractivity contribution in [2.24, 2.45) is 23.2 Å². The lowest BCUT2D eigenvalue weighted by Gasteiger charge is -2.59. The van der Waals surface area contributed by atoms with E-state index in [4.69, 9.17) is 21.1 Å². The molecule has 172 valence electrons. The molecule has 3 nitrogen and oxygen atoms in total. The third-order valence-electron chi connectivity index (χ3n) is 8.41. The average molecular weight is 454 g/mol. The molecule has 1 unspecified atom stereocenters. The summed E-state index contributed by atoms with van der Waals surface area (Å²) in [5, 5.41) is 4.47. The summed E-state index contributed by atoms with van der Waals surface area (Å²) < 4.78 is 11.7. The van der Waals surface area contributed by atoms with Crippen molar-refractivity contribution in [3.05, 3.63) is 58.1 Å². The van der Waals surface area contributed by atoms with Gasteiger partial charge >= 0.3 is 0 Å². The molecule has 0 aliphatic heterocycles. The van der Waals surface area contributed by atoms with E-state index in [-0.39, 0.29) is 0 Å². The monoisotopic (exact) mass is 453 g/mol. The molecule has 1 N–H and O–H groups in total. The van der Waals surface area contributed by atoms with Crippen LogP contribution in [0.1, 0.15) is 62.1 Å². The van der Waals surface area contributed by atoms with Crippen molar-refractivity contribution >= 4 is 11.6 Å². The standard InChI is InChI=1S/C28H36ClNO2/c1-18-4-6-20(7-5-18)17-32-27-25(29)11-24(12-26(27)31-3)16-30-19(2)28-13-21-8-22(14-28)10-23(9-21)15-28/h4-7,11-12,19,21-23,30H,8-10,13-17H2,1-3H3. The number of hydrogen-bond donors (Lipinski definition) is 1. The summed E-state index contributed by atoms with van der Waals surface area (Å²) in [6.45, 7) is 5.76. The second kappa shape index (κ2) is 8.91. The van der Waals surface area contributed by atoms with Crippen molar-refractivity contribution in [1.82, 2.24) is 5.32 Å². The first-order valence-corrected chi connectivity index (χ1v) is 12.6. The van der Waals surface area contributed by atoms with Crippen molar-refractivity contribution in [1.29, 1.82) is 0 Å². The Morgan fingerprint density at radius 1 is 1.00 bits per heavy atom. The quantitative estimate of drug-likeness (QED) is 0.470. The van der Waals surface area contributed by atoms with E-state index in [0.717, 1.165) is 35.4 Å². The van der Waals surface area contributed by atoms with Crippen LogP contribution in [0.4, 0.5) is 0 Å². The summed E-state index contributed by atoms with van der Waals surface area (Å²) >= 11 is 6.64. The Hall–Kier alpha value is -1.71. The summed E-state index contributed by atoms with van der Waals surface area (Å²) in [7, 11) is 1.68. The van der Waals surface area contributed by atoms with Gasteiger partial charge in [0.1, 0.15) is 6.61 Å². The Bertz CT molecular complexity index is 919. The second-order valence-electron chi connectivity index (χ2n) is 10.8. The largest absolute Gasteiger partial charge is 0.493 e. The van der Waals surface area contributed by atoms with Gasteiger partial charge in [0.15, 0.2) is 11.5 Å². The number of nitrogens with one attached hydrogen (secondary N) is 1. The van der Waals surface area contributed by atoms with Gasteiger partial charge in [0, 0.05) is 12.6 Å². The van der Waals surface area contributed by atoms with E-state index in [9.17, 15) is 0 Å². The van der Waals surface area contributed by atoms with E-state index in [0.29, 0.717) is 34.6 Å². The number of hydrogen-bond acceptors (Lipinski definition) is 3. The Kier molecular flexibility index (Phi) is 6.15. The lowest BCUT2D eigenvalue weighted by Crippen LogP contribution is -2.54. The van der Waals surface area contributed by atoms with Gasteiger partial charge in [-0.25, -0.2) is 0 Å². The number of halogens is 1. The predicted octanol–water partition coefficient (Wildman–Crippen LogP) is 6.93. The maximum Gasteiger partial charge on any atom is 0.180 e. The maximum absolute atomic E-state index is 6.64. The van der Waals surface area contributed by atoms with Gasteiger partial charge in [0.2, 0.25) is 0 Å². The van der Waals surface area contributed by atoms with Gasteiger partial charge in [-0.2, -0.15) is 0 Å². The molecule has 2 aromatic rings. The fourth-order valence-electron chi connectivity index (χ4n) is 7.05. The fraction of sp³-hybridized carbons (Fsp3) is 0.571. The van der Waals surface area contributed by atoms with Crippen LogP contribution in [-0.4, -0.2) is 13.2 Å². The van der Waals surface area contributed by atoms with Crippen LogP contribution in [-0.2, 0) is 13.2 Å². The zero-order valence-corrected chi connectivity index (χ0v) is 20.4. The third kappa shape index (κ3) is 4.39. The molecule has 0 spiro atoms. The first kappa shape index (κ1) is 22.1. The Balaban J connectivity index is 1.24. The number of rotatable bonds is 8. The smallest absolute Gasteiger partial charge is 0.180 e. The summed E-state index contributed by atoms with van der Waals surface area (Å²) in [6, 6.07) is 13.0. The molecule has 0 aromatic heterocycles. The normalized spacial score (nSPS) is 29.2. The van der Waals surface area contributed by atoms with Crippen molar-refractivity contribution in [2.45, 2.75) is 71.6 Å². The van der Waals surface area contributed by atoms with Gasteiger partial charge in [-0.05, 0) is 98.8 Å². The summed E-state index contributed by atoms with van der Waals surface area (Å²) in [5.41, 5.74) is 4.00. The summed E-state index contributed by atoms with van der Waals surface area (Å²) in [5.74, 6) is 4.25. The Morgan fingerprint density at radius 3 is 2.22 bits per heavy atom. The van der Waals surface area contributed by atoms with E-state index in [1.165, 1.54) is 44.1 Å². The molecule has 1 atom stereocenters. The molecule has 4 aliphatic carbocycles. The van der Waals surface area contributed by atoms with Crippen molar-refractivity contribution in [2.75, 3.05) is 7.11 Å². The van der Waals surface area contributed by atoms with E-state index >= 15 is 0 Å². The second-order valence-corrected chi connectivity index (χ2v) is 11.2. The van der Waals surface area contributed by atoms with Crippen LogP contribution in [0.25, 0.3) is 0 Å². The zero-order valence-electron chi connectivity index (χ0n) is 19.6. The molecular weight excluding hydrogens is 418 g/mol. The molecular formula is C28H36ClNO2. The molecule has 0 amide bonds. The van der Waals surface area contributed by atoms with Crippen LogP contribution in [0.5, 0.6) is 11.5 Å². The van der Waals surface area contributed by atoms with Crippen molar-refractivity contribution in [3.63, 3.8) is 0 Å². The van der Waals surface area contributed by atoms with Crippen molar-refractivity contribution in [3.8, 4) is 11.5 Å². The highest BCUT2D eigenvalue weighted by molar-refractivity contribution is 6.32. The fourth-order valence-corrected chi connectivity index (χ4v) is 7.34. The number of aryl methyl sites for hydroxylation is 1. The minimum Gasteiger partial charge on any atom is -0.493 e. The molecule has 0 saturated heterocycles. The number of methoxy groups -OCH3 is 1. The Morgan fingerprint density at radius 2 is 1.62 bits per heavy atom. The topological polar surface area (TPSA) is 30.5 Å². The molecule has 4 bridgehead atoms. The number of ether oxygens (including phenoxy) is 2. The van der Waals surface area contributed by atoms with Crippen LogP contribution in [0.3, 0.4) is 0 Å². The van der Waals surface area contributed by atoms with Crippen LogP contribution in [0.2, 0.25) is 5.02 Å². The minimum absolute atomic E-state index is 0.469. The highest BCUT2D eigenvalue weighted by Crippen LogP contribution is 2.61. The van der Waals surface area contributed by atoms with Gasteiger partial charge in [-0.15, -0.1) is 0 Å². The first-order chi connectivity index (χ1) is 15.4. The summed E-state index contributed by atoms with van der Waals surface area (Å²) in [6.07, 6.45) is 8.73. The summed E-state index contributed by atoms with van der Waals surface area (Å²) in [4.78, 5) is 0.